The first-order chi connectivity index (χ1) is 8.64. The second-order valence-electron chi connectivity index (χ2n) is 4.43. The Balaban J connectivity index is 2.34. The van der Waals surface area contributed by atoms with Crippen molar-refractivity contribution in [2.45, 2.75) is 12.5 Å². The Morgan fingerprint density at radius 2 is 1.94 bits per heavy atom. The Labute approximate surface area is 110 Å². The average molecular weight is 256 g/mol. The molecule has 88 valence electrons. The summed E-state index contributed by atoms with van der Waals surface area (Å²) in [5.41, 5.74) is 1.87. The zero-order valence-electron chi connectivity index (χ0n) is 9.77. The largest absolute Gasteiger partial charge is 0.468 e. The van der Waals surface area contributed by atoms with E-state index in [1.54, 1.807) is 13.0 Å². The van der Waals surface area contributed by atoms with E-state index in [4.69, 9.17) is 16.3 Å². The number of nitrogens with zero attached hydrogens (tertiary/aromatic N) is 1. The van der Waals surface area contributed by atoms with Gasteiger partial charge in [0.05, 0.1) is 0 Å². The minimum absolute atomic E-state index is 0.660. The number of halogens is 1. The SMILES string of the molecule is CC1(C#N)Oc2ccc(Cl)cc2-c2ccccc21. The molecule has 0 radical (unpaired) electrons. The third kappa shape index (κ3) is 1.48. The van der Waals surface area contributed by atoms with Crippen molar-refractivity contribution < 1.29 is 4.74 Å². The van der Waals surface area contributed by atoms with Crippen molar-refractivity contribution >= 4 is 11.6 Å². The van der Waals surface area contributed by atoms with Crippen LogP contribution in [0.25, 0.3) is 11.1 Å². The van der Waals surface area contributed by atoms with Crippen LogP contribution in [0, 0.1) is 11.3 Å². The summed E-state index contributed by atoms with van der Waals surface area (Å²) in [5, 5.41) is 10.0. The van der Waals surface area contributed by atoms with E-state index in [-0.39, 0.29) is 0 Å². The van der Waals surface area contributed by atoms with E-state index in [0.29, 0.717) is 10.8 Å². The molecule has 0 saturated carbocycles. The molecule has 0 saturated heterocycles. The van der Waals surface area contributed by atoms with Crippen molar-refractivity contribution in [2.75, 3.05) is 0 Å². The minimum Gasteiger partial charge on any atom is -0.468 e. The lowest BCUT2D eigenvalue weighted by atomic mass is 9.86. The maximum atomic E-state index is 9.38. The van der Waals surface area contributed by atoms with Crippen molar-refractivity contribution in [1.82, 2.24) is 0 Å². The molecular formula is C15H10ClNO. The molecule has 0 N–H and O–H groups in total. The molecule has 1 unspecified atom stereocenters. The lowest BCUT2D eigenvalue weighted by molar-refractivity contribution is 0.146. The van der Waals surface area contributed by atoms with Gasteiger partial charge in [-0.15, -0.1) is 0 Å². The van der Waals surface area contributed by atoms with Crippen LogP contribution >= 0.6 is 11.6 Å². The van der Waals surface area contributed by atoms with Gasteiger partial charge in [0.15, 0.2) is 0 Å². The predicted molar refractivity (Wildman–Crippen MR) is 70.5 cm³/mol. The third-order valence-electron chi connectivity index (χ3n) is 3.20. The van der Waals surface area contributed by atoms with Crippen LogP contribution in [0.3, 0.4) is 0 Å². The van der Waals surface area contributed by atoms with Crippen LogP contribution in [-0.2, 0) is 5.60 Å². The van der Waals surface area contributed by atoms with Crippen molar-refractivity contribution in [3.05, 3.63) is 53.1 Å². The Kier molecular flexibility index (Phi) is 2.33. The van der Waals surface area contributed by atoms with Gasteiger partial charge in [-0.2, -0.15) is 5.26 Å². The Hall–Kier alpha value is -1.98. The zero-order valence-corrected chi connectivity index (χ0v) is 10.5. The standard InChI is InChI=1S/C15H10ClNO/c1-15(9-17)13-5-3-2-4-11(13)12-8-10(16)6-7-14(12)18-15/h2-8H,1H3. The minimum atomic E-state index is -0.947. The molecule has 1 aliphatic heterocycles. The van der Waals surface area contributed by atoms with Gasteiger partial charge in [0.2, 0.25) is 5.60 Å². The summed E-state index contributed by atoms with van der Waals surface area (Å²) in [6.45, 7) is 1.78. The van der Waals surface area contributed by atoms with Gasteiger partial charge in [-0.3, -0.25) is 0 Å². The lowest BCUT2D eigenvalue weighted by Crippen LogP contribution is -2.31. The van der Waals surface area contributed by atoms with E-state index in [1.165, 1.54) is 0 Å². The van der Waals surface area contributed by atoms with E-state index < -0.39 is 5.60 Å². The fourth-order valence-electron chi connectivity index (χ4n) is 2.29. The molecule has 1 heterocycles. The van der Waals surface area contributed by atoms with Gasteiger partial charge < -0.3 is 4.74 Å². The number of hydrogen-bond donors (Lipinski definition) is 0. The molecule has 0 aliphatic carbocycles. The fourth-order valence-corrected chi connectivity index (χ4v) is 2.47. The number of hydrogen-bond acceptors (Lipinski definition) is 2. The maximum absolute atomic E-state index is 9.38. The zero-order chi connectivity index (χ0) is 12.8. The smallest absolute Gasteiger partial charge is 0.217 e. The monoisotopic (exact) mass is 255 g/mol. The number of benzene rings is 2. The first kappa shape index (κ1) is 11.1. The normalized spacial score (nSPS) is 20.3. The summed E-state index contributed by atoms with van der Waals surface area (Å²) in [4.78, 5) is 0. The van der Waals surface area contributed by atoms with E-state index >= 15 is 0 Å². The summed E-state index contributed by atoms with van der Waals surface area (Å²) < 4.78 is 5.83. The first-order valence-electron chi connectivity index (χ1n) is 5.64. The molecule has 1 atom stereocenters. The second kappa shape index (κ2) is 3.76. The van der Waals surface area contributed by atoms with Gasteiger partial charge >= 0.3 is 0 Å². The predicted octanol–water partition coefficient (Wildman–Crippen LogP) is 4.14. The molecule has 1 aliphatic rings. The summed E-state index contributed by atoms with van der Waals surface area (Å²) in [6.07, 6.45) is 0. The molecule has 3 rings (SSSR count). The van der Waals surface area contributed by atoms with Crippen LogP contribution in [0.5, 0.6) is 5.75 Å². The van der Waals surface area contributed by atoms with E-state index in [0.717, 1.165) is 16.7 Å². The number of rotatable bonds is 0. The van der Waals surface area contributed by atoms with E-state index in [2.05, 4.69) is 6.07 Å². The molecule has 0 aromatic heterocycles. The highest BCUT2D eigenvalue weighted by atomic mass is 35.5. The van der Waals surface area contributed by atoms with Gasteiger partial charge in [0.1, 0.15) is 11.8 Å². The summed E-state index contributed by atoms with van der Waals surface area (Å²) in [7, 11) is 0. The van der Waals surface area contributed by atoms with E-state index in [1.807, 2.05) is 36.4 Å². The van der Waals surface area contributed by atoms with E-state index in [9.17, 15) is 5.26 Å². The molecule has 2 nitrogen and oxygen atoms in total. The molecular weight excluding hydrogens is 246 g/mol. The fraction of sp³-hybridized carbons (Fsp3) is 0.133. The van der Waals surface area contributed by atoms with Gasteiger partial charge in [-0.05, 0) is 30.7 Å². The van der Waals surface area contributed by atoms with Crippen LogP contribution in [0.15, 0.2) is 42.5 Å². The van der Waals surface area contributed by atoms with Gasteiger partial charge in [-0.1, -0.05) is 35.9 Å². The quantitative estimate of drug-likeness (QED) is 0.709. The third-order valence-corrected chi connectivity index (χ3v) is 3.44. The highest BCUT2D eigenvalue weighted by molar-refractivity contribution is 6.31. The maximum Gasteiger partial charge on any atom is 0.217 e. The van der Waals surface area contributed by atoms with Crippen molar-refractivity contribution in [2.24, 2.45) is 0 Å². The number of nitriles is 1. The highest BCUT2D eigenvalue weighted by Gasteiger charge is 2.36. The van der Waals surface area contributed by atoms with Crippen molar-refractivity contribution in [3.63, 3.8) is 0 Å². The Morgan fingerprint density at radius 3 is 2.72 bits per heavy atom. The van der Waals surface area contributed by atoms with Crippen molar-refractivity contribution in [1.29, 1.82) is 5.26 Å². The highest BCUT2D eigenvalue weighted by Crippen LogP contribution is 2.45. The van der Waals surface area contributed by atoms with Crippen LogP contribution < -0.4 is 4.74 Å². The molecule has 0 bridgehead atoms. The lowest BCUT2D eigenvalue weighted by Gasteiger charge is -2.32. The van der Waals surface area contributed by atoms with Gasteiger partial charge in [-0.25, -0.2) is 0 Å². The second-order valence-corrected chi connectivity index (χ2v) is 4.87. The topological polar surface area (TPSA) is 33.0 Å². The molecule has 2 aromatic rings. The van der Waals surface area contributed by atoms with Crippen LogP contribution in [-0.4, -0.2) is 0 Å². The summed E-state index contributed by atoms with van der Waals surface area (Å²) >= 11 is 6.03. The molecule has 18 heavy (non-hydrogen) atoms. The molecule has 0 fully saturated rings. The first-order valence-corrected chi connectivity index (χ1v) is 6.01. The summed E-state index contributed by atoms with van der Waals surface area (Å²) in [6, 6.07) is 15.5. The van der Waals surface area contributed by atoms with Crippen LogP contribution in [0.4, 0.5) is 0 Å². The Morgan fingerprint density at radius 1 is 1.17 bits per heavy atom. The number of fused-ring (bicyclic) bond motifs is 3. The molecule has 2 aromatic carbocycles. The molecule has 0 amide bonds. The molecule has 0 spiro atoms. The van der Waals surface area contributed by atoms with Crippen LogP contribution in [0.2, 0.25) is 5.02 Å². The summed E-state index contributed by atoms with van der Waals surface area (Å²) in [5.74, 6) is 0.696. The average Bonchev–Trinajstić information content (AvgIpc) is 2.40. The van der Waals surface area contributed by atoms with Crippen LogP contribution in [0.1, 0.15) is 12.5 Å². The molecule has 3 heteroatoms. The number of ether oxygens (including phenoxy) is 1. The van der Waals surface area contributed by atoms with Gasteiger partial charge in [0.25, 0.3) is 0 Å². The van der Waals surface area contributed by atoms with Gasteiger partial charge in [0, 0.05) is 16.1 Å². The van der Waals surface area contributed by atoms with Crippen molar-refractivity contribution in [3.8, 4) is 22.9 Å². The Bertz CT molecular complexity index is 674.